The largest absolute Gasteiger partial charge is 0.361 e. The van der Waals surface area contributed by atoms with Crippen LogP contribution in [0.3, 0.4) is 0 Å². The number of nitrogens with zero attached hydrogens (tertiary/aromatic N) is 2. The molecule has 0 spiro atoms. The highest BCUT2D eigenvalue weighted by Crippen LogP contribution is 2.10. The van der Waals surface area contributed by atoms with E-state index in [1.54, 1.807) is 0 Å². The molecule has 3 nitrogen and oxygen atoms in total. The summed E-state index contributed by atoms with van der Waals surface area (Å²) in [7, 11) is 0. The van der Waals surface area contributed by atoms with Gasteiger partial charge in [-0.15, -0.1) is 0 Å². The van der Waals surface area contributed by atoms with Crippen molar-refractivity contribution in [3.8, 4) is 6.07 Å². The summed E-state index contributed by atoms with van der Waals surface area (Å²) in [5.41, 5.74) is 1.74. The SMILES string of the molecule is Cc1onc(CC#N)c1C. The van der Waals surface area contributed by atoms with Crippen LogP contribution in [0.4, 0.5) is 0 Å². The molecule has 0 aromatic carbocycles. The molecule has 1 rings (SSSR count). The van der Waals surface area contributed by atoms with Gasteiger partial charge in [-0.3, -0.25) is 0 Å². The van der Waals surface area contributed by atoms with Crippen molar-refractivity contribution in [2.75, 3.05) is 0 Å². The Morgan fingerprint density at radius 1 is 1.60 bits per heavy atom. The monoisotopic (exact) mass is 136 g/mol. The van der Waals surface area contributed by atoms with Gasteiger partial charge in [0.25, 0.3) is 0 Å². The number of hydrogen-bond acceptors (Lipinski definition) is 3. The van der Waals surface area contributed by atoms with Gasteiger partial charge in [-0.05, 0) is 13.8 Å². The molecule has 0 aliphatic rings. The van der Waals surface area contributed by atoms with E-state index in [-0.39, 0.29) is 0 Å². The maximum atomic E-state index is 8.32. The first kappa shape index (κ1) is 6.81. The second-order valence-electron chi connectivity index (χ2n) is 2.15. The van der Waals surface area contributed by atoms with Gasteiger partial charge in [-0.25, -0.2) is 0 Å². The van der Waals surface area contributed by atoms with Gasteiger partial charge < -0.3 is 4.52 Å². The van der Waals surface area contributed by atoms with E-state index in [0.29, 0.717) is 6.42 Å². The third kappa shape index (κ3) is 1.01. The molecule has 0 bridgehead atoms. The van der Waals surface area contributed by atoms with E-state index in [1.807, 2.05) is 19.9 Å². The Bertz CT molecular complexity index is 270. The first-order valence-corrected chi connectivity index (χ1v) is 3.04. The van der Waals surface area contributed by atoms with E-state index in [4.69, 9.17) is 9.78 Å². The van der Waals surface area contributed by atoms with Crippen molar-refractivity contribution >= 4 is 0 Å². The third-order valence-corrected chi connectivity index (χ3v) is 1.50. The lowest BCUT2D eigenvalue weighted by Gasteiger charge is -1.84. The quantitative estimate of drug-likeness (QED) is 0.585. The molecule has 0 unspecified atom stereocenters. The van der Waals surface area contributed by atoms with Crippen molar-refractivity contribution in [2.45, 2.75) is 20.3 Å². The summed E-state index contributed by atoms with van der Waals surface area (Å²) in [6.45, 7) is 3.74. The van der Waals surface area contributed by atoms with Gasteiger partial charge in [-0.1, -0.05) is 5.16 Å². The molecule has 0 fully saturated rings. The highest BCUT2D eigenvalue weighted by molar-refractivity contribution is 5.21. The molecule has 0 N–H and O–H groups in total. The minimum absolute atomic E-state index is 0.336. The molecule has 0 atom stereocenters. The number of aryl methyl sites for hydroxylation is 1. The first-order chi connectivity index (χ1) is 4.75. The van der Waals surface area contributed by atoms with Crippen LogP contribution in [0.15, 0.2) is 4.52 Å². The number of hydrogen-bond donors (Lipinski definition) is 0. The first-order valence-electron chi connectivity index (χ1n) is 3.04. The fourth-order valence-electron chi connectivity index (χ4n) is 0.703. The lowest BCUT2D eigenvalue weighted by atomic mass is 10.2. The lowest BCUT2D eigenvalue weighted by molar-refractivity contribution is 0.391. The van der Waals surface area contributed by atoms with Crippen LogP contribution in [0.2, 0.25) is 0 Å². The Morgan fingerprint density at radius 3 is 2.70 bits per heavy atom. The minimum Gasteiger partial charge on any atom is -0.361 e. The van der Waals surface area contributed by atoms with Gasteiger partial charge in [0.15, 0.2) is 0 Å². The highest BCUT2D eigenvalue weighted by Gasteiger charge is 2.05. The molecule has 1 aromatic rings. The molecule has 1 heterocycles. The van der Waals surface area contributed by atoms with E-state index in [2.05, 4.69) is 5.16 Å². The Hall–Kier alpha value is -1.30. The Morgan fingerprint density at radius 2 is 2.30 bits per heavy atom. The molecule has 0 radical (unpaired) electrons. The molecule has 3 heteroatoms. The molecule has 52 valence electrons. The van der Waals surface area contributed by atoms with Crippen LogP contribution >= 0.6 is 0 Å². The minimum atomic E-state index is 0.336. The molecule has 0 amide bonds. The second-order valence-corrected chi connectivity index (χ2v) is 2.15. The summed E-state index contributed by atoms with van der Waals surface area (Å²) in [4.78, 5) is 0. The summed E-state index contributed by atoms with van der Waals surface area (Å²) in [5.74, 6) is 0.797. The zero-order valence-electron chi connectivity index (χ0n) is 6.01. The van der Waals surface area contributed by atoms with Gasteiger partial charge in [0.05, 0.1) is 12.5 Å². The van der Waals surface area contributed by atoms with Crippen LogP contribution in [0.25, 0.3) is 0 Å². The summed E-state index contributed by atoms with van der Waals surface area (Å²) in [6, 6.07) is 2.02. The Kier molecular flexibility index (Phi) is 1.72. The zero-order chi connectivity index (χ0) is 7.56. The zero-order valence-corrected chi connectivity index (χ0v) is 6.01. The summed E-state index contributed by atoms with van der Waals surface area (Å²) < 4.78 is 4.85. The van der Waals surface area contributed by atoms with Crippen molar-refractivity contribution in [1.82, 2.24) is 5.16 Å². The maximum absolute atomic E-state index is 8.32. The van der Waals surface area contributed by atoms with Crippen molar-refractivity contribution in [3.05, 3.63) is 17.0 Å². The van der Waals surface area contributed by atoms with Gasteiger partial charge in [0, 0.05) is 5.56 Å². The van der Waals surface area contributed by atoms with Crippen molar-refractivity contribution in [3.63, 3.8) is 0 Å². The molecule has 0 saturated heterocycles. The van der Waals surface area contributed by atoms with E-state index < -0.39 is 0 Å². The van der Waals surface area contributed by atoms with Crippen LogP contribution in [-0.4, -0.2) is 5.16 Å². The molecular formula is C7H8N2O. The summed E-state index contributed by atoms with van der Waals surface area (Å²) in [5, 5.41) is 12.0. The fraction of sp³-hybridized carbons (Fsp3) is 0.429. The van der Waals surface area contributed by atoms with Crippen LogP contribution < -0.4 is 0 Å². The Balaban J connectivity index is 2.96. The fourth-order valence-corrected chi connectivity index (χ4v) is 0.703. The van der Waals surface area contributed by atoms with E-state index in [0.717, 1.165) is 17.0 Å². The van der Waals surface area contributed by atoms with E-state index in [1.165, 1.54) is 0 Å². The van der Waals surface area contributed by atoms with Crippen molar-refractivity contribution in [2.24, 2.45) is 0 Å². The van der Waals surface area contributed by atoms with E-state index in [9.17, 15) is 0 Å². The topological polar surface area (TPSA) is 49.8 Å². The normalized spacial score (nSPS) is 9.30. The van der Waals surface area contributed by atoms with Gasteiger partial charge >= 0.3 is 0 Å². The standard InChI is InChI=1S/C7H8N2O/c1-5-6(2)10-9-7(5)3-4-8/h3H2,1-2H3. The van der Waals surface area contributed by atoms with Crippen molar-refractivity contribution in [1.29, 1.82) is 5.26 Å². The molecule has 0 saturated carbocycles. The lowest BCUT2D eigenvalue weighted by Crippen LogP contribution is -1.83. The number of nitriles is 1. The van der Waals surface area contributed by atoms with Crippen LogP contribution in [-0.2, 0) is 6.42 Å². The highest BCUT2D eigenvalue weighted by atomic mass is 16.5. The van der Waals surface area contributed by atoms with Crippen LogP contribution in [0, 0.1) is 25.2 Å². The van der Waals surface area contributed by atoms with Crippen LogP contribution in [0.5, 0.6) is 0 Å². The smallest absolute Gasteiger partial charge is 0.136 e. The predicted molar refractivity (Wildman–Crippen MR) is 35.3 cm³/mol. The number of rotatable bonds is 1. The number of aromatic nitrogens is 1. The molecule has 0 aliphatic carbocycles. The van der Waals surface area contributed by atoms with Gasteiger partial charge in [-0.2, -0.15) is 5.26 Å². The molecule has 0 aliphatic heterocycles. The molecule has 10 heavy (non-hydrogen) atoms. The maximum Gasteiger partial charge on any atom is 0.136 e. The van der Waals surface area contributed by atoms with Gasteiger partial charge in [0.2, 0.25) is 0 Å². The van der Waals surface area contributed by atoms with Crippen LogP contribution in [0.1, 0.15) is 17.0 Å². The Labute approximate surface area is 59.2 Å². The summed E-state index contributed by atoms with van der Waals surface area (Å²) >= 11 is 0. The molecular weight excluding hydrogens is 128 g/mol. The third-order valence-electron chi connectivity index (χ3n) is 1.50. The summed E-state index contributed by atoms with van der Waals surface area (Å²) in [6.07, 6.45) is 0.336. The van der Waals surface area contributed by atoms with Gasteiger partial charge in [0.1, 0.15) is 11.5 Å². The van der Waals surface area contributed by atoms with Crippen molar-refractivity contribution < 1.29 is 4.52 Å². The molecule has 1 aromatic heterocycles. The van der Waals surface area contributed by atoms with E-state index >= 15 is 0 Å². The predicted octanol–water partition coefficient (Wildman–Crippen LogP) is 1.36. The average Bonchev–Trinajstić information content (AvgIpc) is 2.20. The second kappa shape index (κ2) is 2.53. The average molecular weight is 136 g/mol.